The number of aliphatic imine (C=N–C) groups is 1. The molecule has 6 aliphatic rings. The zero-order valence-electron chi connectivity index (χ0n) is 13.1. The molecule has 0 saturated heterocycles. The average molecular weight is 301 g/mol. The molecule has 9 atom stereocenters. The van der Waals surface area contributed by atoms with Crippen LogP contribution in [0.5, 0.6) is 0 Å². The van der Waals surface area contributed by atoms with E-state index in [1.54, 1.807) is 0 Å². The normalized spacial score (nSPS) is 60.5. The molecular weight excluding hydrogens is 274 g/mol. The van der Waals surface area contributed by atoms with E-state index in [1.165, 1.54) is 38.5 Å². The molecule has 4 N–H and O–H groups in total. The lowest BCUT2D eigenvalue weighted by molar-refractivity contribution is -0.123. The van der Waals surface area contributed by atoms with E-state index in [0.717, 1.165) is 35.5 Å². The second-order valence-electron chi connectivity index (χ2n) is 9.15. The van der Waals surface area contributed by atoms with Gasteiger partial charge < -0.3 is 16.2 Å². The van der Waals surface area contributed by atoms with Crippen LogP contribution < -0.4 is 11.1 Å². The Morgan fingerprint density at radius 2 is 1.77 bits per heavy atom. The molecule has 6 rings (SSSR count). The Hall–Kier alpha value is -0.770. The van der Waals surface area contributed by atoms with Gasteiger partial charge in [0.1, 0.15) is 0 Å². The van der Waals surface area contributed by atoms with Crippen LogP contribution in [0, 0.1) is 47.3 Å². The summed E-state index contributed by atoms with van der Waals surface area (Å²) in [6.07, 6.45) is 7.86. The third-order valence-corrected chi connectivity index (χ3v) is 8.73. The van der Waals surface area contributed by atoms with Gasteiger partial charge in [0.05, 0.1) is 12.1 Å². The molecule has 4 heteroatoms. The summed E-state index contributed by atoms with van der Waals surface area (Å²) in [6, 6.07) is 0.510. The maximum atomic E-state index is 11.5. The number of hydrogen-bond donors (Lipinski definition) is 3. The van der Waals surface area contributed by atoms with Crippen LogP contribution in [0.1, 0.15) is 38.5 Å². The second-order valence-corrected chi connectivity index (χ2v) is 9.15. The SMILES string of the molecule is NC(=NCC1(O)C2C3CC4C5C3CC2C5C41)NC1CCCC1. The summed E-state index contributed by atoms with van der Waals surface area (Å²) in [5, 5.41) is 14.9. The summed E-state index contributed by atoms with van der Waals surface area (Å²) in [5.41, 5.74) is 5.58. The second kappa shape index (κ2) is 3.82. The molecule has 0 amide bonds. The van der Waals surface area contributed by atoms with Crippen molar-refractivity contribution in [1.82, 2.24) is 5.32 Å². The van der Waals surface area contributed by atoms with Crippen LogP contribution in [0.4, 0.5) is 0 Å². The highest BCUT2D eigenvalue weighted by Crippen LogP contribution is 2.85. The molecule has 0 heterocycles. The number of nitrogens with zero attached hydrogens (tertiary/aromatic N) is 1. The minimum absolute atomic E-state index is 0.510. The van der Waals surface area contributed by atoms with Crippen LogP contribution >= 0.6 is 0 Å². The highest BCUT2D eigenvalue weighted by Gasteiger charge is 2.84. The van der Waals surface area contributed by atoms with Gasteiger partial charge in [-0.25, -0.2) is 0 Å². The number of hydrogen-bond acceptors (Lipinski definition) is 2. The van der Waals surface area contributed by atoms with Gasteiger partial charge in [0.25, 0.3) is 0 Å². The molecule has 0 spiro atoms. The molecule has 120 valence electrons. The Morgan fingerprint density at radius 3 is 2.59 bits per heavy atom. The fourth-order valence-electron chi connectivity index (χ4n) is 8.47. The third-order valence-electron chi connectivity index (χ3n) is 8.73. The lowest BCUT2D eigenvalue weighted by Gasteiger charge is -2.51. The molecule has 6 saturated carbocycles. The van der Waals surface area contributed by atoms with Crippen molar-refractivity contribution in [3.63, 3.8) is 0 Å². The van der Waals surface area contributed by atoms with Crippen LogP contribution in [0.2, 0.25) is 0 Å². The van der Waals surface area contributed by atoms with Gasteiger partial charge in [-0.1, -0.05) is 12.8 Å². The van der Waals surface area contributed by atoms with Gasteiger partial charge in [-0.05, 0) is 73.0 Å². The number of nitrogens with two attached hydrogens (primary N) is 1. The van der Waals surface area contributed by atoms with Gasteiger partial charge >= 0.3 is 0 Å². The number of fused-ring (bicyclic) bond motifs is 2. The van der Waals surface area contributed by atoms with Crippen molar-refractivity contribution < 1.29 is 5.11 Å². The van der Waals surface area contributed by atoms with E-state index in [0.29, 0.717) is 30.4 Å². The van der Waals surface area contributed by atoms with Crippen molar-refractivity contribution in [3.8, 4) is 0 Å². The minimum atomic E-state index is -0.521. The van der Waals surface area contributed by atoms with Crippen LogP contribution in [-0.4, -0.2) is 29.3 Å². The average Bonchev–Trinajstić information content (AvgIpc) is 3.14. The Morgan fingerprint density at radius 1 is 1.05 bits per heavy atom. The maximum absolute atomic E-state index is 11.5. The van der Waals surface area contributed by atoms with Crippen molar-refractivity contribution >= 4 is 5.96 Å². The summed E-state index contributed by atoms with van der Waals surface area (Å²) in [5.74, 6) is 6.95. The van der Waals surface area contributed by atoms with E-state index < -0.39 is 5.60 Å². The topological polar surface area (TPSA) is 70.6 Å². The van der Waals surface area contributed by atoms with Crippen molar-refractivity contribution in [1.29, 1.82) is 0 Å². The molecule has 0 aliphatic heterocycles. The molecule has 6 aliphatic carbocycles. The number of rotatable bonds is 3. The summed E-state index contributed by atoms with van der Waals surface area (Å²) in [4.78, 5) is 4.62. The monoisotopic (exact) mass is 301 g/mol. The van der Waals surface area contributed by atoms with Gasteiger partial charge in [0, 0.05) is 6.04 Å². The molecule has 0 aromatic heterocycles. The molecule has 2 bridgehead atoms. The minimum Gasteiger partial charge on any atom is -0.387 e. The smallest absolute Gasteiger partial charge is 0.188 e. The van der Waals surface area contributed by atoms with Gasteiger partial charge in [-0.3, -0.25) is 4.99 Å². The van der Waals surface area contributed by atoms with Gasteiger partial charge in [-0.2, -0.15) is 0 Å². The maximum Gasteiger partial charge on any atom is 0.188 e. The highest BCUT2D eigenvalue weighted by atomic mass is 16.3. The first-order chi connectivity index (χ1) is 10.7. The Bertz CT molecular complexity index is 551. The van der Waals surface area contributed by atoms with Gasteiger partial charge in [-0.15, -0.1) is 0 Å². The predicted octanol–water partition coefficient (Wildman–Crippen LogP) is 1.34. The summed E-state index contributed by atoms with van der Waals surface area (Å²) >= 11 is 0. The Kier molecular flexibility index (Phi) is 2.20. The first-order valence-corrected chi connectivity index (χ1v) is 9.47. The van der Waals surface area contributed by atoms with E-state index in [-0.39, 0.29) is 0 Å². The molecule has 22 heavy (non-hydrogen) atoms. The van der Waals surface area contributed by atoms with Crippen molar-refractivity contribution in [2.24, 2.45) is 58.1 Å². The third kappa shape index (κ3) is 1.22. The predicted molar refractivity (Wildman–Crippen MR) is 84.0 cm³/mol. The van der Waals surface area contributed by atoms with Gasteiger partial charge in [0.2, 0.25) is 0 Å². The largest absolute Gasteiger partial charge is 0.387 e. The van der Waals surface area contributed by atoms with Crippen molar-refractivity contribution in [3.05, 3.63) is 0 Å². The molecule has 4 nitrogen and oxygen atoms in total. The highest BCUT2D eigenvalue weighted by molar-refractivity contribution is 5.78. The van der Waals surface area contributed by atoms with E-state index >= 15 is 0 Å². The number of nitrogens with one attached hydrogen (secondary N) is 1. The Labute approximate surface area is 131 Å². The lowest BCUT2D eigenvalue weighted by atomic mass is 9.56. The van der Waals surface area contributed by atoms with E-state index in [2.05, 4.69) is 10.3 Å². The fourth-order valence-corrected chi connectivity index (χ4v) is 8.47. The quantitative estimate of drug-likeness (QED) is 0.544. The van der Waals surface area contributed by atoms with Crippen molar-refractivity contribution in [2.45, 2.75) is 50.2 Å². The fraction of sp³-hybridized carbons (Fsp3) is 0.944. The number of guanidine groups is 1. The number of aliphatic hydroxyl groups is 1. The Balaban J connectivity index is 1.23. The van der Waals surface area contributed by atoms with Crippen LogP contribution in [0.15, 0.2) is 4.99 Å². The van der Waals surface area contributed by atoms with Crippen LogP contribution in [0.3, 0.4) is 0 Å². The molecule has 9 unspecified atom stereocenters. The first kappa shape index (κ1) is 12.6. The first-order valence-electron chi connectivity index (χ1n) is 9.47. The summed E-state index contributed by atoms with van der Waals surface area (Å²) in [7, 11) is 0. The molecular formula is C18H27N3O. The lowest BCUT2D eigenvalue weighted by Crippen LogP contribution is -2.56. The zero-order valence-corrected chi connectivity index (χ0v) is 13.1. The van der Waals surface area contributed by atoms with E-state index in [4.69, 9.17) is 5.73 Å². The standard InChI is InChI=1S/C18H27N3O/c19-17(21-8-3-1-2-4-8)20-7-18(22)15-10-6-11-13-9(10)5-12(15)14(13)16(11)18/h8-16,22H,1-7H2,(H3,19,20,21). The molecule has 0 radical (unpaired) electrons. The van der Waals surface area contributed by atoms with Crippen molar-refractivity contribution in [2.75, 3.05) is 6.54 Å². The zero-order chi connectivity index (χ0) is 14.6. The van der Waals surface area contributed by atoms with E-state index in [1.807, 2.05) is 0 Å². The van der Waals surface area contributed by atoms with Crippen LogP contribution in [-0.2, 0) is 0 Å². The van der Waals surface area contributed by atoms with E-state index in [9.17, 15) is 5.11 Å². The van der Waals surface area contributed by atoms with Crippen LogP contribution in [0.25, 0.3) is 0 Å². The molecule has 0 aromatic carbocycles. The molecule has 0 aromatic rings. The summed E-state index contributed by atoms with van der Waals surface area (Å²) in [6.45, 7) is 0.549. The summed E-state index contributed by atoms with van der Waals surface area (Å²) < 4.78 is 0. The van der Waals surface area contributed by atoms with Gasteiger partial charge in [0.15, 0.2) is 5.96 Å². The molecule has 6 fully saturated rings.